The van der Waals surface area contributed by atoms with Crippen LogP contribution in [-0.2, 0) is 11.3 Å². The molecular weight excluding hydrogens is 280 g/mol. The Morgan fingerprint density at radius 1 is 1.36 bits per heavy atom. The Bertz CT molecular complexity index is 414. The Kier molecular flexibility index (Phi) is 7.22. The molecule has 0 spiro atoms. The SMILES string of the molecule is CC(Cn1ccnc1)NC(=O)NCCOC1CCCCCC1. The molecule has 1 saturated carbocycles. The second-order valence-corrected chi connectivity index (χ2v) is 6.05. The Morgan fingerprint density at radius 2 is 2.14 bits per heavy atom. The molecule has 6 heteroatoms. The normalized spacial score (nSPS) is 17.7. The first-order valence-corrected chi connectivity index (χ1v) is 8.36. The van der Waals surface area contributed by atoms with Gasteiger partial charge in [0.05, 0.1) is 19.0 Å². The number of imidazole rings is 1. The monoisotopic (exact) mass is 308 g/mol. The van der Waals surface area contributed by atoms with Crippen molar-refractivity contribution in [1.82, 2.24) is 20.2 Å². The molecule has 1 aromatic rings. The van der Waals surface area contributed by atoms with Crippen molar-refractivity contribution in [1.29, 1.82) is 0 Å². The van der Waals surface area contributed by atoms with E-state index in [1.165, 1.54) is 25.7 Å². The van der Waals surface area contributed by atoms with Crippen LogP contribution in [0.2, 0.25) is 0 Å². The van der Waals surface area contributed by atoms with Crippen LogP contribution in [0.1, 0.15) is 45.4 Å². The van der Waals surface area contributed by atoms with Gasteiger partial charge in [0.1, 0.15) is 0 Å². The zero-order chi connectivity index (χ0) is 15.6. The lowest BCUT2D eigenvalue weighted by Crippen LogP contribution is -2.43. The van der Waals surface area contributed by atoms with Gasteiger partial charge in [-0.15, -0.1) is 0 Å². The minimum Gasteiger partial charge on any atom is -0.376 e. The molecule has 0 radical (unpaired) electrons. The summed E-state index contributed by atoms with van der Waals surface area (Å²) in [6.07, 6.45) is 13.3. The van der Waals surface area contributed by atoms with Gasteiger partial charge in [-0.25, -0.2) is 9.78 Å². The van der Waals surface area contributed by atoms with Crippen LogP contribution < -0.4 is 10.6 Å². The Balaban J connectivity index is 1.53. The molecule has 6 nitrogen and oxygen atoms in total. The van der Waals surface area contributed by atoms with Crippen LogP contribution in [0.3, 0.4) is 0 Å². The maximum atomic E-state index is 11.8. The predicted octanol–water partition coefficient (Wildman–Crippen LogP) is 2.31. The fourth-order valence-electron chi connectivity index (χ4n) is 2.83. The summed E-state index contributed by atoms with van der Waals surface area (Å²) in [7, 11) is 0. The lowest BCUT2D eigenvalue weighted by molar-refractivity contribution is 0.0460. The van der Waals surface area contributed by atoms with Gasteiger partial charge in [-0.2, -0.15) is 0 Å². The maximum Gasteiger partial charge on any atom is 0.315 e. The molecule has 2 N–H and O–H groups in total. The second kappa shape index (κ2) is 9.46. The molecule has 1 aliphatic rings. The van der Waals surface area contributed by atoms with Gasteiger partial charge >= 0.3 is 6.03 Å². The first kappa shape index (κ1) is 16.8. The van der Waals surface area contributed by atoms with Crippen molar-refractivity contribution in [3.63, 3.8) is 0 Å². The summed E-state index contributed by atoms with van der Waals surface area (Å²) >= 11 is 0. The highest BCUT2D eigenvalue weighted by Crippen LogP contribution is 2.19. The summed E-state index contributed by atoms with van der Waals surface area (Å²) in [6.45, 7) is 3.84. The zero-order valence-corrected chi connectivity index (χ0v) is 13.5. The zero-order valence-electron chi connectivity index (χ0n) is 13.5. The lowest BCUT2D eigenvalue weighted by Gasteiger charge is -2.17. The van der Waals surface area contributed by atoms with Crippen molar-refractivity contribution in [3.05, 3.63) is 18.7 Å². The van der Waals surface area contributed by atoms with E-state index in [0.717, 1.165) is 12.8 Å². The van der Waals surface area contributed by atoms with E-state index in [1.54, 1.807) is 12.5 Å². The van der Waals surface area contributed by atoms with Gasteiger partial charge in [0.25, 0.3) is 0 Å². The molecule has 0 aliphatic heterocycles. The standard InChI is InChI=1S/C16H28N4O2/c1-14(12-20-10-8-17-13-20)19-16(21)18-9-11-22-15-6-4-2-3-5-7-15/h8,10,13-15H,2-7,9,11-12H2,1H3,(H2,18,19,21). The van der Waals surface area contributed by atoms with E-state index in [2.05, 4.69) is 15.6 Å². The van der Waals surface area contributed by atoms with Crippen molar-refractivity contribution in [2.75, 3.05) is 13.2 Å². The molecule has 1 aromatic heterocycles. The van der Waals surface area contributed by atoms with E-state index in [1.807, 2.05) is 17.7 Å². The molecule has 1 atom stereocenters. The topological polar surface area (TPSA) is 68.2 Å². The fraction of sp³-hybridized carbons (Fsp3) is 0.750. The van der Waals surface area contributed by atoms with Gasteiger partial charge in [0, 0.05) is 31.5 Å². The van der Waals surface area contributed by atoms with Crippen molar-refractivity contribution in [2.24, 2.45) is 0 Å². The van der Waals surface area contributed by atoms with Crippen molar-refractivity contribution >= 4 is 6.03 Å². The van der Waals surface area contributed by atoms with Crippen LogP contribution in [0.15, 0.2) is 18.7 Å². The molecule has 2 amide bonds. The van der Waals surface area contributed by atoms with Gasteiger partial charge in [-0.1, -0.05) is 25.7 Å². The highest BCUT2D eigenvalue weighted by atomic mass is 16.5. The van der Waals surface area contributed by atoms with Crippen LogP contribution in [0, 0.1) is 0 Å². The number of ether oxygens (including phenoxy) is 1. The molecule has 1 heterocycles. The number of hydrogen-bond acceptors (Lipinski definition) is 3. The number of nitrogens with one attached hydrogen (secondary N) is 2. The number of carbonyl (C=O) groups is 1. The highest BCUT2D eigenvalue weighted by Gasteiger charge is 2.12. The molecule has 0 bridgehead atoms. The lowest BCUT2D eigenvalue weighted by atomic mass is 10.1. The van der Waals surface area contributed by atoms with Crippen LogP contribution in [-0.4, -0.2) is 40.9 Å². The summed E-state index contributed by atoms with van der Waals surface area (Å²) in [5.74, 6) is 0. The molecule has 22 heavy (non-hydrogen) atoms. The van der Waals surface area contributed by atoms with Gasteiger partial charge in [-0.05, 0) is 19.8 Å². The fourth-order valence-corrected chi connectivity index (χ4v) is 2.83. The molecule has 2 rings (SSSR count). The van der Waals surface area contributed by atoms with Gasteiger partial charge in [0.2, 0.25) is 0 Å². The first-order valence-electron chi connectivity index (χ1n) is 8.36. The predicted molar refractivity (Wildman–Crippen MR) is 85.7 cm³/mol. The van der Waals surface area contributed by atoms with Crippen LogP contribution in [0.25, 0.3) is 0 Å². The van der Waals surface area contributed by atoms with Crippen LogP contribution in [0.5, 0.6) is 0 Å². The van der Waals surface area contributed by atoms with Gasteiger partial charge in [0.15, 0.2) is 0 Å². The van der Waals surface area contributed by atoms with Crippen molar-refractivity contribution in [2.45, 2.75) is 64.1 Å². The van der Waals surface area contributed by atoms with E-state index in [9.17, 15) is 4.79 Å². The van der Waals surface area contributed by atoms with E-state index >= 15 is 0 Å². The number of nitrogens with zero attached hydrogens (tertiary/aromatic N) is 2. The largest absolute Gasteiger partial charge is 0.376 e. The molecule has 0 saturated heterocycles. The number of rotatable bonds is 7. The van der Waals surface area contributed by atoms with Crippen molar-refractivity contribution < 1.29 is 9.53 Å². The average Bonchev–Trinajstić information content (AvgIpc) is 2.85. The molecule has 1 fully saturated rings. The smallest absolute Gasteiger partial charge is 0.315 e. The minimum atomic E-state index is -0.142. The van der Waals surface area contributed by atoms with E-state index in [-0.39, 0.29) is 12.1 Å². The van der Waals surface area contributed by atoms with E-state index in [4.69, 9.17) is 4.74 Å². The number of amides is 2. The Hall–Kier alpha value is -1.56. The van der Waals surface area contributed by atoms with Gasteiger partial charge in [-0.3, -0.25) is 0 Å². The Labute approximate surface area is 132 Å². The number of hydrogen-bond donors (Lipinski definition) is 2. The van der Waals surface area contributed by atoms with E-state index in [0.29, 0.717) is 25.8 Å². The van der Waals surface area contributed by atoms with Crippen LogP contribution >= 0.6 is 0 Å². The third-order valence-electron chi connectivity index (χ3n) is 3.96. The summed E-state index contributed by atoms with van der Waals surface area (Å²) < 4.78 is 7.79. The first-order chi connectivity index (χ1) is 10.7. The average molecular weight is 308 g/mol. The summed E-state index contributed by atoms with van der Waals surface area (Å²) in [6, 6.07) is -0.0888. The molecule has 0 aromatic carbocycles. The minimum absolute atomic E-state index is 0.0528. The third-order valence-corrected chi connectivity index (χ3v) is 3.96. The number of carbonyl (C=O) groups excluding carboxylic acids is 1. The summed E-state index contributed by atoms with van der Waals surface area (Å²) in [5.41, 5.74) is 0. The highest BCUT2D eigenvalue weighted by molar-refractivity contribution is 5.74. The molecule has 124 valence electrons. The van der Waals surface area contributed by atoms with Crippen molar-refractivity contribution in [3.8, 4) is 0 Å². The second-order valence-electron chi connectivity index (χ2n) is 6.05. The van der Waals surface area contributed by atoms with Crippen LogP contribution in [0.4, 0.5) is 4.79 Å². The third kappa shape index (κ3) is 6.47. The molecular formula is C16H28N4O2. The molecule has 1 unspecified atom stereocenters. The maximum absolute atomic E-state index is 11.8. The number of aromatic nitrogens is 2. The van der Waals surface area contributed by atoms with E-state index < -0.39 is 0 Å². The summed E-state index contributed by atoms with van der Waals surface area (Å²) in [5, 5.41) is 5.76. The quantitative estimate of drug-likeness (QED) is 0.600. The Morgan fingerprint density at radius 3 is 2.82 bits per heavy atom. The van der Waals surface area contributed by atoms with Gasteiger partial charge < -0.3 is 19.9 Å². The molecule has 1 aliphatic carbocycles. The number of urea groups is 1. The summed E-state index contributed by atoms with van der Waals surface area (Å²) in [4.78, 5) is 15.8.